The van der Waals surface area contributed by atoms with Gasteiger partial charge in [-0.25, -0.2) is 9.59 Å². The predicted molar refractivity (Wildman–Crippen MR) is 107 cm³/mol. The number of rotatable bonds is 7. The molecule has 9 nitrogen and oxygen atoms in total. The average Bonchev–Trinajstić information content (AvgIpc) is 2.49. The molecule has 0 spiro atoms. The van der Waals surface area contributed by atoms with Crippen molar-refractivity contribution < 1.29 is 19.1 Å². The number of nitrogens with one attached hydrogen (secondary N) is 3. The van der Waals surface area contributed by atoms with Crippen LogP contribution >= 0.6 is 0 Å². The standard InChI is InChI=1S/C18H37N5O4/c1-9-23(16(25)27-18(5,6)7)13-12-21-14(19-8)20-10-11-22-15(24)26-17(2,3)4/h9-13H2,1-8H3,(H,22,24)(H2,19,20,21). The monoisotopic (exact) mass is 387 g/mol. The number of alkyl carbamates (subject to hydrolysis) is 1. The summed E-state index contributed by atoms with van der Waals surface area (Å²) in [6.07, 6.45) is -0.792. The molecular weight excluding hydrogens is 350 g/mol. The van der Waals surface area contributed by atoms with Gasteiger partial charge in [0.05, 0.1) is 0 Å². The van der Waals surface area contributed by atoms with Crippen molar-refractivity contribution in [1.29, 1.82) is 0 Å². The summed E-state index contributed by atoms with van der Waals surface area (Å²) in [4.78, 5) is 29.4. The molecule has 0 aromatic rings. The molecule has 0 fully saturated rings. The summed E-state index contributed by atoms with van der Waals surface area (Å²) >= 11 is 0. The molecular formula is C18H37N5O4. The van der Waals surface area contributed by atoms with Gasteiger partial charge in [-0.2, -0.15) is 0 Å². The van der Waals surface area contributed by atoms with Crippen LogP contribution in [0.1, 0.15) is 48.5 Å². The number of guanidine groups is 1. The first kappa shape index (κ1) is 24.8. The fourth-order valence-corrected chi connectivity index (χ4v) is 1.89. The lowest BCUT2D eigenvalue weighted by atomic mass is 10.2. The largest absolute Gasteiger partial charge is 0.444 e. The van der Waals surface area contributed by atoms with Gasteiger partial charge in [-0.15, -0.1) is 0 Å². The molecule has 0 unspecified atom stereocenters. The lowest BCUT2D eigenvalue weighted by Crippen LogP contribution is -2.46. The third kappa shape index (κ3) is 13.6. The Hall–Kier alpha value is -2.19. The second kappa shape index (κ2) is 11.5. The fourth-order valence-electron chi connectivity index (χ4n) is 1.89. The Bertz CT molecular complexity index is 495. The minimum absolute atomic E-state index is 0.337. The predicted octanol–water partition coefficient (Wildman–Crippen LogP) is 1.93. The molecule has 0 atom stereocenters. The van der Waals surface area contributed by atoms with E-state index in [1.54, 1.807) is 11.9 Å². The highest BCUT2D eigenvalue weighted by Crippen LogP contribution is 2.09. The van der Waals surface area contributed by atoms with Crippen LogP contribution in [0.15, 0.2) is 4.99 Å². The maximum Gasteiger partial charge on any atom is 0.410 e. The molecule has 9 heteroatoms. The van der Waals surface area contributed by atoms with Gasteiger partial charge in [-0.05, 0) is 48.5 Å². The van der Waals surface area contributed by atoms with Gasteiger partial charge in [0, 0.05) is 39.8 Å². The van der Waals surface area contributed by atoms with Gasteiger partial charge in [-0.3, -0.25) is 4.99 Å². The summed E-state index contributed by atoms with van der Waals surface area (Å²) in [7, 11) is 1.65. The molecule has 0 heterocycles. The zero-order valence-electron chi connectivity index (χ0n) is 18.1. The third-order valence-electron chi connectivity index (χ3n) is 3.02. The van der Waals surface area contributed by atoms with Gasteiger partial charge in [0.1, 0.15) is 11.2 Å². The van der Waals surface area contributed by atoms with E-state index >= 15 is 0 Å². The van der Waals surface area contributed by atoms with Gasteiger partial charge in [0.2, 0.25) is 0 Å². The Balaban J connectivity index is 4.14. The highest BCUT2D eigenvalue weighted by atomic mass is 16.6. The van der Waals surface area contributed by atoms with Gasteiger partial charge < -0.3 is 30.3 Å². The van der Waals surface area contributed by atoms with Gasteiger partial charge >= 0.3 is 12.2 Å². The second-order valence-electron chi connectivity index (χ2n) is 7.91. The number of likely N-dealkylation sites (N-methyl/N-ethyl adjacent to an activating group) is 1. The smallest absolute Gasteiger partial charge is 0.410 e. The summed E-state index contributed by atoms with van der Waals surface area (Å²) in [5.41, 5.74) is -1.04. The van der Waals surface area contributed by atoms with Crippen LogP contribution < -0.4 is 16.0 Å². The second-order valence-corrected chi connectivity index (χ2v) is 7.91. The fraction of sp³-hybridized carbons (Fsp3) is 0.833. The first-order valence-electron chi connectivity index (χ1n) is 9.27. The number of aliphatic imine (C=N–C) groups is 1. The molecule has 0 aromatic carbocycles. The number of ether oxygens (including phenoxy) is 2. The zero-order valence-corrected chi connectivity index (χ0v) is 18.1. The topological polar surface area (TPSA) is 104 Å². The van der Waals surface area contributed by atoms with Crippen LogP contribution in [0.4, 0.5) is 9.59 Å². The van der Waals surface area contributed by atoms with E-state index in [2.05, 4.69) is 20.9 Å². The number of amides is 2. The van der Waals surface area contributed by atoms with Crippen LogP contribution in [0.3, 0.4) is 0 Å². The van der Waals surface area contributed by atoms with Crippen molar-refractivity contribution in [2.24, 2.45) is 4.99 Å². The first-order valence-corrected chi connectivity index (χ1v) is 9.27. The van der Waals surface area contributed by atoms with E-state index in [0.29, 0.717) is 38.7 Å². The molecule has 0 rings (SSSR count). The van der Waals surface area contributed by atoms with E-state index in [1.807, 2.05) is 48.5 Å². The molecule has 0 aliphatic heterocycles. The van der Waals surface area contributed by atoms with E-state index in [9.17, 15) is 9.59 Å². The highest BCUT2D eigenvalue weighted by molar-refractivity contribution is 5.79. The summed E-state index contributed by atoms with van der Waals surface area (Å²) in [6.45, 7) is 15.3. The van der Waals surface area contributed by atoms with Gasteiger partial charge in [0.25, 0.3) is 0 Å². The lowest BCUT2D eigenvalue weighted by Gasteiger charge is -2.26. The van der Waals surface area contributed by atoms with Crippen LogP contribution in [-0.2, 0) is 9.47 Å². The lowest BCUT2D eigenvalue weighted by molar-refractivity contribution is 0.0263. The van der Waals surface area contributed by atoms with Crippen molar-refractivity contribution in [3.63, 3.8) is 0 Å². The number of carbonyl (C=O) groups is 2. The van der Waals surface area contributed by atoms with Crippen molar-refractivity contribution in [1.82, 2.24) is 20.9 Å². The molecule has 0 bridgehead atoms. The van der Waals surface area contributed by atoms with Crippen molar-refractivity contribution in [2.75, 3.05) is 39.8 Å². The zero-order chi connectivity index (χ0) is 21.1. The van der Waals surface area contributed by atoms with Crippen LogP contribution in [0.2, 0.25) is 0 Å². The molecule has 0 radical (unpaired) electrons. The Morgan fingerprint density at radius 1 is 0.889 bits per heavy atom. The summed E-state index contributed by atoms with van der Waals surface area (Å²) in [6, 6.07) is 0. The third-order valence-corrected chi connectivity index (χ3v) is 3.02. The van der Waals surface area contributed by atoms with Crippen molar-refractivity contribution in [3.8, 4) is 0 Å². The minimum Gasteiger partial charge on any atom is -0.444 e. The van der Waals surface area contributed by atoms with Crippen LogP contribution in [0, 0.1) is 0 Å². The summed E-state index contributed by atoms with van der Waals surface area (Å²) < 4.78 is 10.5. The molecule has 0 saturated heterocycles. The molecule has 0 aliphatic carbocycles. The van der Waals surface area contributed by atoms with E-state index in [-0.39, 0.29) is 6.09 Å². The Morgan fingerprint density at radius 3 is 1.89 bits per heavy atom. The average molecular weight is 388 g/mol. The van der Waals surface area contributed by atoms with E-state index in [0.717, 1.165) is 0 Å². The molecule has 27 heavy (non-hydrogen) atoms. The van der Waals surface area contributed by atoms with E-state index < -0.39 is 17.3 Å². The molecule has 0 aliphatic rings. The normalized spacial score (nSPS) is 12.2. The highest BCUT2D eigenvalue weighted by Gasteiger charge is 2.20. The Morgan fingerprint density at radius 2 is 1.41 bits per heavy atom. The molecule has 158 valence electrons. The van der Waals surface area contributed by atoms with Crippen molar-refractivity contribution in [3.05, 3.63) is 0 Å². The SMILES string of the molecule is CCN(CCNC(=NC)NCCNC(=O)OC(C)(C)C)C(=O)OC(C)(C)C. The van der Waals surface area contributed by atoms with Crippen LogP contribution in [0.25, 0.3) is 0 Å². The molecule has 0 aromatic heterocycles. The quantitative estimate of drug-likeness (QED) is 0.350. The van der Waals surface area contributed by atoms with E-state index in [1.165, 1.54) is 0 Å². The number of nitrogens with zero attached hydrogens (tertiary/aromatic N) is 2. The van der Waals surface area contributed by atoms with E-state index in [4.69, 9.17) is 9.47 Å². The van der Waals surface area contributed by atoms with Gasteiger partial charge in [-0.1, -0.05) is 0 Å². The number of hydrogen-bond donors (Lipinski definition) is 3. The molecule has 3 N–H and O–H groups in total. The van der Waals surface area contributed by atoms with Crippen molar-refractivity contribution >= 4 is 18.1 Å². The summed E-state index contributed by atoms with van der Waals surface area (Å²) in [5.74, 6) is 0.584. The van der Waals surface area contributed by atoms with Crippen LogP contribution in [-0.4, -0.2) is 74.0 Å². The van der Waals surface area contributed by atoms with Crippen molar-refractivity contribution in [2.45, 2.75) is 59.7 Å². The number of hydrogen-bond acceptors (Lipinski definition) is 5. The molecule has 0 saturated carbocycles. The summed E-state index contributed by atoms with van der Waals surface area (Å²) in [5, 5.41) is 8.87. The molecule has 2 amide bonds. The van der Waals surface area contributed by atoms with Crippen LogP contribution in [0.5, 0.6) is 0 Å². The number of carbonyl (C=O) groups excluding carboxylic acids is 2. The Kier molecular flexibility index (Phi) is 10.6. The minimum atomic E-state index is -0.519. The Labute approximate surface area is 163 Å². The first-order chi connectivity index (χ1) is 12.4. The van der Waals surface area contributed by atoms with Gasteiger partial charge in [0.15, 0.2) is 5.96 Å². The maximum absolute atomic E-state index is 12.1. The maximum atomic E-state index is 12.1.